The summed E-state index contributed by atoms with van der Waals surface area (Å²) in [6.45, 7) is 8.00. The standard InChI is InChI=1S/C14H24O/c1-4-6-13(10-12-7-5-8-12)14(15)9-11(2)3/h4,11-13H,1,5-10H2,2-3H3. The Labute approximate surface area is 93.9 Å². The zero-order valence-electron chi connectivity index (χ0n) is 10.2. The molecule has 1 aliphatic rings. The molecule has 0 aromatic carbocycles. The van der Waals surface area contributed by atoms with Crippen LogP contribution < -0.4 is 0 Å². The molecule has 0 heterocycles. The maximum absolute atomic E-state index is 12.0. The fourth-order valence-corrected chi connectivity index (χ4v) is 2.26. The zero-order valence-corrected chi connectivity index (χ0v) is 10.2. The number of allylic oxidation sites excluding steroid dienone is 1. The topological polar surface area (TPSA) is 17.1 Å². The van der Waals surface area contributed by atoms with E-state index in [4.69, 9.17) is 0 Å². The quantitative estimate of drug-likeness (QED) is 0.578. The second-order valence-corrected chi connectivity index (χ2v) is 5.32. The molecule has 0 radical (unpaired) electrons. The van der Waals surface area contributed by atoms with Gasteiger partial charge in [-0.05, 0) is 24.7 Å². The minimum absolute atomic E-state index is 0.259. The molecule has 1 rings (SSSR count). The molecule has 0 spiro atoms. The van der Waals surface area contributed by atoms with Gasteiger partial charge in [-0.15, -0.1) is 6.58 Å². The summed E-state index contributed by atoms with van der Waals surface area (Å²) in [6, 6.07) is 0. The number of hydrogen-bond acceptors (Lipinski definition) is 1. The van der Waals surface area contributed by atoms with Crippen LogP contribution in [0.3, 0.4) is 0 Å². The molecule has 1 atom stereocenters. The van der Waals surface area contributed by atoms with Crippen LogP contribution in [0.2, 0.25) is 0 Å². The molecule has 1 nitrogen and oxygen atoms in total. The van der Waals surface area contributed by atoms with E-state index in [-0.39, 0.29) is 5.92 Å². The molecule has 1 heteroatoms. The minimum atomic E-state index is 0.259. The summed E-state index contributed by atoms with van der Waals surface area (Å²) in [5, 5.41) is 0. The van der Waals surface area contributed by atoms with E-state index < -0.39 is 0 Å². The molecule has 86 valence electrons. The van der Waals surface area contributed by atoms with Gasteiger partial charge < -0.3 is 0 Å². The van der Waals surface area contributed by atoms with Crippen LogP contribution in [-0.2, 0) is 4.79 Å². The first kappa shape index (κ1) is 12.5. The number of Topliss-reactive ketones (excluding diaryl/α,β-unsaturated/α-hetero) is 1. The van der Waals surface area contributed by atoms with Crippen LogP contribution in [0.1, 0.15) is 52.4 Å². The van der Waals surface area contributed by atoms with Crippen molar-refractivity contribution in [1.82, 2.24) is 0 Å². The fraction of sp³-hybridized carbons (Fsp3) is 0.786. The third-order valence-electron chi connectivity index (χ3n) is 3.36. The summed E-state index contributed by atoms with van der Waals surface area (Å²) in [7, 11) is 0. The Morgan fingerprint density at radius 2 is 2.13 bits per heavy atom. The monoisotopic (exact) mass is 208 g/mol. The third-order valence-corrected chi connectivity index (χ3v) is 3.36. The van der Waals surface area contributed by atoms with Gasteiger partial charge in [0.25, 0.3) is 0 Å². The summed E-state index contributed by atoms with van der Waals surface area (Å²) < 4.78 is 0. The van der Waals surface area contributed by atoms with Crippen molar-refractivity contribution in [3.63, 3.8) is 0 Å². The van der Waals surface area contributed by atoms with Crippen LogP contribution in [0.5, 0.6) is 0 Å². The average Bonchev–Trinajstić information content (AvgIpc) is 2.07. The van der Waals surface area contributed by atoms with Crippen molar-refractivity contribution in [3.05, 3.63) is 12.7 Å². The van der Waals surface area contributed by atoms with E-state index in [0.717, 1.165) is 25.2 Å². The summed E-state index contributed by atoms with van der Waals surface area (Å²) in [4.78, 5) is 12.0. The highest BCUT2D eigenvalue weighted by molar-refractivity contribution is 5.81. The maximum Gasteiger partial charge on any atom is 0.136 e. The molecule has 0 N–H and O–H groups in total. The first-order valence-electron chi connectivity index (χ1n) is 6.27. The van der Waals surface area contributed by atoms with Gasteiger partial charge in [-0.1, -0.05) is 39.2 Å². The van der Waals surface area contributed by atoms with E-state index in [1.807, 2.05) is 6.08 Å². The number of carbonyl (C=O) groups is 1. The van der Waals surface area contributed by atoms with Gasteiger partial charge in [0.1, 0.15) is 5.78 Å². The highest BCUT2D eigenvalue weighted by atomic mass is 16.1. The molecule has 15 heavy (non-hydrogen) atoms. The highest BCUT2D eigenvalue weighted by Crippen LogP contribution is 2.34. The lowest BCUT2D eigenvalue weighted by Gasteiger charge is -2.29. The van der Waals surface area contributed by atoms with Crippen molar-refractivity contribution in [2.24, 2.45) is 17.8 Å². The summed E-state index contributed by atoms with van der Waals surface area (Å²) in [5.74, 6) is 2.03. The Morgan fingerprint density at radius 3 is 2.53 bits per heavy atom. The zero-order chi connectivity index (χ0) is 11.3. The summed E-state index contributed by atoms with van der Waals surface area (Å²) >= 11 is 0. The van der Waals surface area contributed by atoms with E-state index in [1.54, 1.807) is 0 Å². The maximum atomic E-state index is 12.0. The normalized spacial score (nSPS) is 18.6. The molecule has 1 unspecified atom stereocenters. The van der Waals surface area contributed by atoms with E-state index in [2.05, 4.69) is 20.4 Å². The lowest BCUT2D eigenvalue weighted by molar-refractivity contribution is -0.124. The van der Waals surface area contributed by atoms with Gasteiger partial charge in [0.05, 0.1) is 0 Å². The Bertz CT molecular complexity index is 213. The van der Waals surface area contributed by atoms with E-state index in [0.29, 0.717) is 11.7 Å². The van der Waals surface area contributed by atoms with E-state index in [9.17, 15) is 4.79 Å². The van der Waals surface area contributed by atoms with Gasteiger partial charge in [-0.3, -0.25) is 4.79 Å². The molecule has 0 amide bonds. The van der Waals surface area contributed by atoms with E-state index in [1.165, 1.54) is 19.3 Å². The molecule has 1 saturated carbocycles. The van der Waals surface area contributed by atoms with Crippen LogP contribution in [0.15, 0.2) is 12.7 Å². The third kappa shape index (κ3) is 4.19. The second kappa shape index (κ2) is 6.09. The summed E-state index contributed by atoms with van der Waals surface area (Å²) in [5.41, 5.74) is 0. The van der Waals surface area contributed by atoms with Crippen LogP contribution >= 0.6 is 0 Å². The minimum Gasteiger partial charge on any atom is -0.299 e. The first-order chi connectivity index (χ1) is 7.13. The molecule has 1 fully saturated rings. The second-order valence-electron chi connectivity index (χ2n) is 5.32. The Morgan fingerprint density at radius 1 is 1.47 bits per heavy atom. The summed E-state index contributed by atoms with van der Waals surface area (Å²) in [6.07, 6.45) is 8.67. The van der Waals surface area contributed by atoms with Crippen molar-refractivity contribution in [3.8, 4) is 0 Å². The van der Waals surface area contributed by atoms with Crippen molar-refractivity contribution < 1.29 is 4.79 Å². The Kier molecular flexibility index (Phi) is 5.07. The molecular formula is C14H24O. The Hall–Kier alpha value is -0.590. The van der Waals surface area contributed by atoms with Gasteiger partial charge in [0, 0.05) is 12.3 Å². The van der Waals surface area contributed by atoms with Crippen molar-refractivity contribution >= 4 is 5.78 Å². The smallest absolute Gasteiger partial charge is 0.136 e. The van der Waals surface area contributed by atoms with Crippen molar-refractivity contribution in [2.75, 3.05) is 0 Å². The predicted octanol–water partition coefficient (Wildman–Crippen LogP) is 3.98. The van der Waals surface area contributed by atoms with Crippen LogP contribution in [0, 0.1) is 17.8 Å². The van der Waals surface area contributed by atoms with Gasteiger partial charge in [0.2, 0.25) is 0 Å². The number of carbonyl (C=O) groups excluding carboxylic acids is 1. The van der Waals surface area contributed by atoms with Crippen LogP contribution in [0.25, 0.3) is 0 Å². The molecule has 1 aliphatic carbocycles. The number of rotatable bonds is 7. The lowest BCUT2D eigenvalue weighted by Crippen LogP contribution is -2.22. The van der Waals surface area contributed by atoms with Crippen molar-refractivity contribution in [1.29, 1.82) is 0 Å². The van der Waals surface area contributed by atoms with Gasteiger partial charge >= 0.3 is 0 Å². The number of ketones is 1. The Balaban J connectivity index is 2.39. The van der Waals surface area contributed by atoms with E-state index >= 15 is 0 Å². The van der Waals surface area contributed by atoms with Gasteiger partial charge in [0.15, 0.2) is 0 Å². The molecule has 0 aromatic heterocycles. The van der Waals surface area contributed by atoms with Crippen LogP contribution in [0.4, 0.5) is 0 Å². The lowest BCUT2D eigenvalue weighted by atomic mass is 9.76. The number of hydrogen-bond donors (Lipinski definition) is 0. The molecular weight excluding hydrogens is 184 g/mol. The first-order valence-corrected chi connectivity index (χ1v) is 6.27. The van der Waals surface area contributed by atoms with Crippen LogP contribution in [-0.4, -0.2) is 5.78 Å². The fourth-order valence-electron chi connectivity index (χ4n) is 2.26. The predicted molar refractivity (Wildman–Crippen MR) is 64.7 cm³/mol. The average molecular weight is 208 g/mol. The molecule has 0 aliphatic heterocycles. The largest absolute Gasteiger partial charge is 0.299 e. The molecule has 0 saturated heterocycles. The van der Waals surface area contributed by atoms with Crippen molar-refractivity contribution in [2.45, 2.75) is 52.4 Å². The molecule has 0 aromatic rings. The SMILES string of the molecule is C=CCC(CC1CCC1)C(=O)CC(C)C. The highest BCUT2D eigenvalue weighted by Gasteiger charge is 2.25. The van der Waals surface area contributed by atoms with Gasteiger partial charge in [-0.25, -0.2) is 0 Å². The van der Waals surface area contributed by atoms with Gasteiger partial charge in [-0.2, -0.15) is 0 Å². The molecule has 0 bridgehead atoms.